The second-order valence-corrected chi connectivity index (χ2v) is 22.7. The Labute approximate surface area is 456 Å². The molecule has 0 aliphatic carbocycles. The molecule has 0 rings (SSSR count). The molecule has 0 fully saturated rings. The van der Waals surface area contributed by atoms with E-state index in [1.807, 2.05) is 0 Å². The summed E-state index contributed by atoms with van der Waals surface area (Å²) in [4.78, 5) is 37.9. The van der Waals surface area contributed by atoms with Gasteiger partial charge in [0.2, 0.25) is 0 Å². The molecule has 0 aliphatic heterocycles. The van der Waals surface area contributed by atoms with Crippen LogP contribution in [0.4, 0.5) is 0 Å². The number of unbranched alkanes of at least 4 members (excludes halogenated alkanes) is 49. The molecule has 0 aromatic heterocycles. The maximum Gasteiger partial charge on any atom is 0.306 e. The highest BCUT2D eigenvalue weighted by molar-refractivity contribution is 5.71. The number of hydrogen-bond acceptors (Lipinski definition) is 6. The highest BCUT2D eigenvalue weighted by Crippen LogP contribution is 2.18. The largest absolute Gasteiger partial charge is 0.462 e. The van der Waals surface area contributed by atoms with E-state index in [4.69, 9.17) is 14.2 Å². The van der Waals surface area contributed by atoms with Crippen LogP contribution < -0.4 is 0 Å². The zero-order valence-corrected chi connectivity index (χ0v) is 49.7. The minimum absolute atomic E-state index is 0.0644. The van der Waals surface area contributed by atoms with Gasteiger partial charge in [0, 0.05) is 19.3 Å². The van der Waals surface area contributed by atoms with E-state index in [1.165, 1.54) is 276 Å². The first-order chi connectivity index (χ1) is 36.0. The van der Waals surface area contributed by atoms with Gasteiger partial charge in [0.15, 0.2) is 6.10 Å². The van der Waals surface area contributed by atoms with E-state index in [9.17, 15) is 14.4 Å². The quantitative estimate of drug-likeness (QED) is 0.0261. The predicted molar refractivity (Wildman–Crippen MR) is 317 cm³/mol. The van der Waals surface area contributed by atoms with E-state index in [0.717, 1.165) is 64.2 Å². The summed E-state index contributed by atoms with van der Waals surface area (Å²) in [7, 11) is 0. The molecule has 0 saturated carbocycles. The maximum absolute atomic E-state index is 12.8. The van der Waals surface area contributed by atoms with Crippen LogP contribution >= 0.6 is 0 Å². The lowest BCUT2D eigenvalue weighted by molar-refractivity contribution is -0.167. The summed E-state index contributed by atoms with van der Waals surface area (Å²) in [6, 6.07) is 0. The van der Waals surface area contributed by atoms with E-state index in [2.05, 4.69) is 32.9 Å². The molecule has 6 heteroatoms. The predicted octanol–water partition coefficient (Wildman–Crippen LogP) is 22.4. The van der Waals surface area contributed by atoms with Crippen LogP contribution in [0.15, 0.2) is 12.2 Å². The zero-order chi connectivity index (χ0) is 52.9. The average Bonchev–Trinajstić information content (AvgIpc) is 3.39. The fourth-order valence-electron chi connectivity index (χ4n) is 10.3. The Hall–Kier alpha value is -1.85. The van der Waals surface area contributed by atoms with Gasteiger partial charge in [-0.15, -0.1) is 0 Å². The normalized spacial score (nSPS) is 12.0. The number of rotatable bonds is 62. The van der Waals surface area contributed by atoms with Crippen LogP contribution in [0, 0.1) is 0 Å². The summed E-state index contributed by atoms with van der Waals surface area (Å²) >= 11 is 0. The first-order valence-electron chi connectivity index (χ1n) is 33.2. The smallest absolute Gasteiger partial charge is 0.306 e. The molecule has 0 bridgehead atoms. The molecule has 0 saturated heterocycles. The molecule has 0 N–H and O–H groups in total. The Bertz CT molecular complexity index is 1130. The zero-order valence-electron chi connectivity index (χ0n) is 49.7. The Morgan fingerprint density at radius 3 is 0.685 bits per heavy atom. The van der Waals surface area contributed by atoms with Crippen molar-refractivity contribution in [1.82, 2.24) is 0 Å². The third kappa shape index (κ3) is 60.9. The summed E-state index contributed by atoms with van der Waals surface area (Å²) in [6.07, 6.45) is 74.3. The third-order valence-corrected chi connectivity index (χ3v) is 15.3. The second kappa shape index (κ2) is 62.7. The van der Waals surface area contributed by atoms with Crippen molar-refractivity contribution >= 4 is 17.9 Å². The maximum atomic E-state index is 12.8. The monoisotopic (exact) mass is 1030 g/mol. The summed E-state index contributed by atoms with van der Waals surface area (Å²) in [5.74, 6) is -0.850. The van der Waals surface area contributed by atoms with Crippen LogP contribution in [0.25, 0.3) is 0 Å². The molecule has 432 valence electrons. The van der Waals surface area contributed by atoms with Crippen LogP contribution in [-0.4, -0.2) is 37.2 Å². The van der Waals surface area contributed by atoms with Crippen molar-refractivity contribution in [3.63, 3.8) is 0 Å². The number of allylic oxidation sites excluding steroid dienone is 2. The van der Waals surface area contributed by atoms with E-state index >= 15 is 0 Å². The summed E-state index contributed by atoms with van der Waals surface area (Å²) < 4.78 is 16.8. The molecular weight excluding hydrogens is 901 g/mol. The van der Waals surface area contributed by atoms with Crippen molar-refractivity contribution in [2.75, 3.05) is 13.2 Å². The van der Waals surface area contributed by atoms with Crippen molar-refractivity contribution in [2.24, 2.45) is 0 Å². The molecule has 0 amide bonds. The van der Waals surface area contributed by atoms with Crippen molar-refractivity contribution in [1.29, 1.82) is 0 Å². The van der Waals surface area contributed by atoms with E-state index < -0.39 is 6.10 Å². The Morgan fingerprint density at radius 2 is 0.452 bits per heavy atom. The lowest BCUT2D eigenvalue weighted by atomic mass is 10.0. The Morgan fingerprint density at radius 1 is 0.260 bits per heavy atom. The van der Waals surface area contributed by atoms with Crippen LogP contribution in [0.2, 0.25) is 0 Å². The Balaban J connectivity index is 3.94. The van der Waals surface area contributed by atoms with Gasteiger partial charge < -0.3 is 14.2 Å². The topological polar surface area (TPSA) is 78.9 Å². The van der Waals surface area contributed by atoms with Gasteiger partial charge in [-0.3, -0.25) is 14.4 Å². The van der Waals surface area contributed by atoms with Gasteiger partial charge in [0.05, 0.1) is 0 Å². The Kier molecular flexibility index (Phi) is 61.1. The van der Waals surface area contributed by atoms with E-state index in [-0.39, 0.29) is 31.1 Å². The number of carbonyl (C=O) groups is 3. The van der Waals surface area contributed by atoms with E-state index in [0.29, 0.717) is 19.3 Å². The van der Waals surface area contributed by atoms with Crippen LogP contribution in [0.1, 0.15) is 380 Å². The van der Waals surface area contributed by atoms with E-state index in [1.54, 1.807) is 0 Å². The first kappa shape index (κ1) is 71.2. The van der Waals surface area contributed by atoms with Gasteiger partial charge in [-0.05, 0) is 44.9 Å². The lowest BCUT2D eigenvalue weighted by Crippen LogP contribution is -2.30. The molecule has 6 nitrogen and oxygen atoms in total. The average molecular weight is 1030 g/mol. The van der Waals surface area contributed by atoms with Gasteiger partial charge >= 0.3 is 17.9 Å². The molecule has 1 unspecified atom stereocenters. The summed E-state index contributed by atoms with van der Waals surface area (Å²) in [5.41, 5.74) is 0. The van der Waals surface area contributed by atoms with Gasteiger partial charge in [-0.2, -0.15) is 0 Å². The highest BCUT2D eigenvalue weighted by atomic mass is 16.6. The molecule has 0 aromatic rings. The third-order valence-electron chi connectivity index (χ3n) is 15.3. The summed E-state index contributed by atoms with van der Waals surface area (Å²) in [5, 5.41) is 0. The van der Waals surface area contributed by atoms with Crippen molar-refractivity contribution in [2.45, 2.75) is 386 Å². The lowest BCUT2D eigenvalue weighted by Gasteiger charge is -2.18. The molecule has 0 radical (unpaired) electrons. The number of esters is 3. The van der Waals surface area contributed by atoms with Crippen molar-refractivity contribution < 1.29 is 28.6 Å². The van der Waals surface area contributed by atoms with Gasteiger partial charge in [-0.1, -0.05) is 328 Å². The minimum Gasteiger partial charge on any atom is -0.462 e. The molecule has 73 heavy (non-hydrogen) atoms. The van der Waals surface area contributed by atoms with Crippen LogP contribution in [-0.2, 0) is 28.6 Å². The summed E-state index contributed by atoms with van der Waals surface area (Å²) in [6.45, 7) is 6.63. The minimum atomic E-state index is -0.762. The highest BCUT2D eigenvalue weighted by Gasteiger charge is 2.19. The van der Waals surface area contributed by atoms with Gasteiger partial charge in [0.1, 0.15) is 13.2 Å². The number of ether oxygens (including phenoxy) is 3. The van der Waals surface area contributed by atoms with Crippen molar-refractivity contribution in [3.05, 3.63) is 12.2 Å². The molecular formula is C67H128O6. The van der Waals surface area contributed by atoms with Crippen LogP contribution in [0.3, 0.4) is 0 Å². The second-order valence-electron chi connectivity index (χ2n) is 22.7. The molecule has 0 aliphatic rings. The van der Waals surface area contributed by atoms with Crippen LogP contribution in [0.5, 0.6) is 0 Å². The fourth-order valence-corrected chi connectivity index (χ4v) is 10.3. The van der Waals surface area contributed by atoms with Gasteiger partial charge in [-0.25, -0.2) is 0 Å². The van der Waals surface area contributed by atoms with Gasteiger partial charge in [0.25, 0.3) is 0 Å². The SMILES string of the molecule is CCCCCCCCCC/C=C\CCCCCCCCCCCCCCCCCC(=O)OCC(COC(=O)CCCCCCC)OC(=O)CCCCCCCCCCCCCCCCCCCCCCCCC. The molecule has 1 atom stereocenters. The standard InChI is InChI=1S/C67H128O6/c1-4-7-10-13-15-17-19-21-23-25-27-29-31-32-33-34-36-37-39-41-43-45-47-49-51-54-57-60-66(69)72-63-64(62-71-65(68)59-56-53-12-9-6-3)73-67(70)61-58-55-52-50-48-46-44-42-40-38-35-30-28-26-24-22-20-18-16-14-11-8-5-2/h25,27,64H,4-24,26,28-63H2,1-3H3/b27-25-. The molecule has 0 heterocycles. The number of hydrogen-bond donors (Lipinski definition) is 0. The first-order valence-corrected chi connectivity index (χ1v) is 33.2. The van der Waals surface area contributed by atoms with Crippen molar-refractivity contribution in [3.8, 4) is 0 Å². The molecule has 0 aromatic carbocycles. The fraction of sp³-hybridized carbons (Fsp3) is 0.925. The molecule has 0 spiro atoms. The number of carbonyl (C=O) groups excluding carboxylic acids is 3.